The van der Waals surface area contributed by atoms with Crippen LogP contribution in [-0.2, 0) is 0 Å². The fourth-order valence-corrected chi connectivity index (χ4v) is 3.76. The molecule has 6 heteroatoms. The Hall–Kier alpha value is -2.76. The van der Waals surface area contributed by atoms with E-state index >= 15 is 0 Å². The SMILES string of the molecule is O=C1CC(C2CCCN(C(=O)c3ccncc3)C2)Oc2ccc(F)cc21. The Morgan fingerprint density at radius 2 is 2.04 bits per heavy atom. The van der Waals surface area contributed by atoms with Gasteiger partial charge >= 0.3 is 0 Å². The highest BCUT2D eigenvalue weighted by molar-refractivity contribution is 6.00. The third-order valence-corrected chi connectivity index (χ3v) is 5.11. The van der Waals surface area contributed by atoms with Crippen molar-refractivity contribution in [3.63, 3.8) is 0 Å². The summed E-state index contributed by atoms with van der Waals surface area (Å²) in [5.74, 6) is -0.0529. The molecule has 0 N–H and O–H groups in total. The van der Waals surface area contributed by atoms with Crippen molar-refractivity contribution in [3.05, 3.63) is 59.7 Å². The standard InChI is InChI=1S/C20H19FN2O3/c21-15-3-4-18-16(10-15)17(24)11-19(26-18)14-2-1-9-23(12-14)20(25)13-5-7-22-8-6-13/h3-8,10,14,19H,1-2,9,11-12H2. The molecule has 1 amide bonds. The number of hydrogen-bond donors (Lipinski definition) is 0. The first kappa shape index (κ1) is 16.7. The normalized spacial score (nSPS) is 22.5. The molecule has 2 aliphatic rings. The zero-order valence-corrected chi connectivity index (χ0v) is 14.2. The maximum absolute atomic E-state index is 13.4. The molecule has 2 aromatic rings. The van der Waals surface area contributed by atoms with Gasteiger partial charge in [-0.1, -0.05) is 0 Å². The number of amides is 1. The van der Waals surface area contributed by atoms with E-state index in [9.17, 15) is 14.0 Å². The number of ether oxygens (including phenoxy) is 1. The van der Waals surface area contributed by atoms with E-state index in [0.717, 1.165) is 12.8 Å². The zero-order chi connectivity index (χ0) is 18.1. The second kappa shape index (κ2) is 6.86. The molecule has 2 unspecified atom stereocenters. The summed E-state index contributed by atoms with van der Waals surface area (Å²) >= 11 is 0. The highest BCUT2D eigenvalue weighted by atomic mass is 19.1. The summed E-state index contributed by atoms with van der Waals surface area (Å²) < 4.78 is 19.4. The molecule has 1 fully saturated rings. The van der Waals surface area contributed by atoms with Crippen LogP contribution in [0, 0.1) is 11.7 Å². The van der Waals surface area contributed by atoms with Crippen LogP contribution < -0.4 is 4.74 Å². The van der Waals surface area contributed by atoms with Crippen LogP contribution in [0.15, 0.2) is 42.7 Å². The number of carbonyl (C=O) groups excluding carboxylic acids is 2. The Morgan fingerprint density at radius 3 is 2.85 bits per heavy atom. The number of ketones is 1. The fraction of sp³-hybridized carbons (Fsp3) is 0.350. The summed E-state index contributed by atoms with van der Waals surface area (Å²) in [4.78, 5) is 30.8. The number of hydrogen-bond acceptors (Lipinski definition) is 4. The van der Waals surface area contributed by atoms with Crippen LogP contribution in [-0.4, -0.2) is 40.8 Å². The van der Waals surface area contributed by atoms with E-state index in [1.165, 1.54) is 18.2 Å². The summed E-state index contributed by atoms with van der Waals surface area (Å²) in [6.07, 6.45) is 4.91. The van der Waals surface area contributed by atoms with Crippen LogP contribution in [0.4, 0.5) is 4.39 Å². The molecular formula is C20H19FN2O3. The first-order valence-corrected chi connectivity index (χ1v) is 8.80. The van der Waals surface area contributed by atoms with Gasteiger partial charge in [0, 0.05) is 43.4 Å². The number of pyridine rings is 1. The van der Waals surface area contributed by atoms with Crippen LogP contribution in [0.3, 0.4) is 0 Å². The van der Waals surface area contributed by atoms with Gasteiger partial charge in [0.15, 0.2) is 5.78 Å². The predicted octanol–water partition coefficient (Wildman–Crippen LogP) is 3.11. The number of benzene rings is 1. The molecule has 5 nitrogen and oxygen atoms in total. The number of carbonyl (C=O) groups is 2. The minimum absolute atomic E-state index is 0.0262. The van der Waals surface area contributed by atoms with E-state index in [1.807, 2.05) is 4.90 Å². The molecule has 0 aliphatic carbocycles. The summed E-state index contributed by atoms with van der Waals surface area (Å²) in [6.45, 7) is 1.25. The van der Waals surface area contributed by atoms with Gasteiger partial charge in [-0.3, -0.25) is 14.6 Å². The summed E-state index contributed by atoms with van der Waals surface area (Å²) in [7, 11) is 0. The van der Waals surface area contributed by atoms with Gasteiger partial charge in [0.2, 0.25) is 0 Å². The van der Waals surface area contributed by atoms with Crippen molar-refractivity contribution in [1.29, 1.82) is 0 Å². The molecule has 2 atom stereocenters. The van der Waals surface area contributed by atoms with Crippen LogP contribution in [0.2, 0.25) is 0 Å². The van der Waals surface area contributed by atoms with Crippen LogP contribution in [0.25, 0.3) is 0 Å². The lowest BCUT2D eigenvalue weighted by atomic mass is 9.86. The van der Waals surface area contributed by atoms with Crippen molar-refractivity contribution in [2.75, 3.05) is 13.1 Å². The second-order valence-electron chi connectivity index (χ2n) is 6.81. The Bertz CT molecular complexity index is 840. The molecule has 0 saturated carbocycles. The van der Waals surface area contributed by atoms with Crippen molar-refractivity contribution < 1.29 is 18.7 Å². The highest BCUT2D eigenvalue weighted by Gasteiger charge is 2.36. The van der Waals surface area contributed by atoms with Crippen molar-refractivity contribution >= 4 is 11.7 Å². The van der Waals surface area contributed by atoms with Gasteiger partial charge in [0.1, 0.15) is 17.7 Å². The van der Waals surface area contributed by atoms with E-state index in [1.54, 1.807) is 24.5 Å². The molecule has 1 saturated heterocycles. The summed E-state index contributed by atoms with van der Waals surface area (Å²) in [5.41, 5.74) is 0.920. The van der Waals surface area contributed by atoms with E-state index < -0.39 is 5.82 Å². The van der Waals surface area contributed by atoms with Crippen molar-refractivity contribution in [1.82, 2.24) is 9.88 Å². The number of piperidine rings is 1. The monoisotopic (exact) mass is 354 g/mol. The predicted molar refractivity (Wildman–Crippen MR) is 92.6 cm³/mol. The van der Waals surface area contributed by atoms with Crippen LogP contribution in [0.1, 0.15) is 40.0 Å². The molecule has 2 aliphatic heterocycles. The Kier molecular flexibility index (Phi) is 4.41. The second-order valence-corrected chi connectivity index (χ2v) is 6.81. The van der Waals surface area contributed by atoms with E-state index in [0.29, 0.717) is 30.0 Å². The molecule has 134 valence electrons. The largest absolute Gasteiger partial charge is 0.489 e. The average Bonchev–Trinajstić information content (AvgIpc) is 2.68. The van der Waals surface area contributed by atoms with Crippen LogP contribution >= 0.6 is 0 Å². The molecular weight excluding hydrogens is 335 g/mol. The lowest BCUT2D eigenvalue weighted by molar-refractivity contribution is 0.0408. The van der Waals surface area contributed by atoms with E-state index in [4.69, 9.17) is 4.74 Å². The third-order valence-electron chi connectivity index (χ3n) is 5.11. The first-order valence-electron chi connectivity index (χ1n) is 8.80. The van der Waals surface area contributed by atoms with Gasteiger partial charge < -0.3 is 9.64 Å². The van der Waals surface area contributed by atoms with Crippen LogP contribution in [0.5, 0.6) is 5.75 Å². The molecule has 0 bridgehead atoms. The van der Waals surface area contributed by atoms with Crippen molar-refractivity contribution in [2.24, 2.45) is 5.92 Å². The molecule has 0 radical (unpaired) electrons. The molecule has 1 aromatic carbocycles. The number of rotatable bonds is 2. The number of fused-ring (bicyclic) bond motifs is 1. The van der Waals surface area contributed by atoms with Gasteiger partial charge in [-0.25, -0.2) is 4.39 Å². The Morgan fingerprint density at radius 1 is 1.23 bits per heavy atom. The van der Waals surface area contributed by atoms with Crippen molar-refractivity contribution in [2.45, 2.75) is 25.4 Å². The first-order chi connectivity index (χ1) is 12.6. The Labute approximate surface area is 150 Å². The Balaban J connectivity index is 1.49. The maximum Gasteiger partial charge on any atom is 0.253 e. The molecule has 26 heavy (non-hydrogen) atoms. The fourth-order valence-electron chi connectivity index (χ4n) is 3.76. The van der Waals surface area contributed by atoms with Gasteiger partial charge in [-0.2, -0.15) is 0 Å². The number of Topliss-reactive ketones (excluding diaryl/α,β-unsaturated/α-hetero) is 1. The van der Waals surface area contributed by atoms with Crippen molar-refractivity contribution in [3.8, 4) is 5.75 Å². The van der Waals surface area contributed by atoms with Gasteiger partial charge in [-0.15, -0.1) is 0 Å². The minimum Gasteiger partial charge on any atom is -0.489 e. The molecule has 3 heterocycles. The maximum atomic E-state index is 13.4. The third kappa shape index (κ3) is 3.19. The molecule has 4 rings (SSSR count). The number of likely N-dealkylation sites (tertiary alicyclic amines) is 1. The number of aromatic nitrogens is 1. The van der Waals surface area contributed by atoms with Gasteiger partial charge in [0.05, 0.1) is 5.56 Å². The topological polar surface area (TPSA) is 59.5 Å². The molecule has 0 spiro atoms. The summed E-state index contributed by atoms with van der Waals surface area (Å²) in [6, 6.07) is 7.45. The lowest BCUT2D eigenvalue weighted by Crippen LogP contribution is -2.46. The number of nitrogens with zero attached hydrogens (tertiary/aromatic N) is 2. The zero-order valence-electron chi connectivity index (χ0n) is 14.2. The number of halogens is 1. The van der Waals surface area contributed by atoms with E-state index in [2.05, 4.69) is 4.98 Å². The average molecular weight is 354 g/mol. The minimum atomic E-state index is -0.439. The van der Waals surface area contributed by atoms with E-state index in [-0.39, 0.29) is 30.1 Å². The summed E-state index contributed by atoms with van der Waals surface area (Å²) in [5, 5.41) is 0. The van der Waals surface area contributed by atoms with Gasteiger partial charge in [0.25, 0.3) is 5.91 Å². The van der Waals surface area contributed by atoms with Gasteiger partial charge in [-0.05, 0) is 43.2 Å². The highest BCUT2D eigenvalue weighted by Crippen LogP contribution is 2.34. The smallest absolute Gasteiger partial charge is 0.253 e. The lowest BCUT2D eigenvalue weighted by Gasteiger charge is -2.38. The quantitative estimate of drug-likeness (QED) is 0.831. The molecule has 1 aromatic heterocycles.